The molecule has 5 nitrogen and oxygen atoms in total. The minimum atomic E-state index is 0.212. The third kappa shape index (κ3) is 4.71. The molecule has 1 atom stereocenters. The molecule has 1 unspecified atom stereocenters. The molecule has 0 bridgehead atoms. The number of nitrogens with zero attached hydrogens (tertiary/aromatic N) is 1. The average Bonchev–Trinajstić information content (AvgIpc) is 2.73. The fraction of sp³-hybridized carbons (Fsp3) is 0.409. The van der Waals surface area contributed by atoms with E-state index < -0.39 is 0 Å². The van der Waals surface area contributed by atoms with Crippen molar-refractivity contribution in [2.75, 3.05) is 31.6 Å². The number of ether oxygens (including phenoxy) is 2. The van der Waals surface area contributed by atoms with E-state index in [4.69, 9.17) is 21.1 Å². The smallest absolute Gasteiger partial charge is 0.222 e. The molecule has 6 heteroatoms. The summed E-state index contributed by atoms with van der Waals surface area (Å²) in [4.78, 5) is 14.6. The Morgan fingerprint density at radius 1 is 1.11 bits per heavy atom. The lowest BCUT2D eigenvalue weighted by Crippen LogP contribution is -2.45. The molecule has 0 aliphatic carbocycles. The van der Waals surface area contributed by atoms with Crippen molar-refractivity contribution < 1.29 is 14.3 Å². The Labute approximate surface area is 170 Å². The van der Waals surface area contributed by atoms with E-state index in [-0.39, 0.29) is 11.9 Å². The average molecular weight is 401 g/mol. The fourth-order valence-corrected chi connectivity index (χ4v) is 3.88. The van der Waals surface area contributed by atoms with Crippen molar-refractivity contribution >= 4 is 23.2 Å². The van der Waals surface area contributed by atoms with Gasteiger partial charge in [0.25, 0.3) is 0 Å². The first kappa shape index (κ1) is 18.9. The predicted octanol–water partition coefficient (Wildman–Crippen LogP) is 4.15. The fourth-order valence-electron chi connectivity index (χ4n) is 3.75. The zero-order valence-corrected chi connectivity index (χ0v) is 16.6. The Hall–Kier alpha value is -2.40. The molecule has 0 aromatic heterocycles. The summed E-state index contributed by atoms with van der Waals surface area (Å²) in [5.74, 6) is 1.78. The molecule has 28 heavy (non-hydrogen) atoms. The summed E-state index contributed by atoms with van der Waals surface area (Å²) in [6.07, 6.45) is 3.33. The molecule has 2 heterocycles. The number of halogens is 1. The number of hydrogen-bond donors (Lipinski definition) is 1. The molecule has 148 valence electrons. The monoisotopic (exact) mass is 400 g/mol. The SMILES string of the molecule is O=C(CCc1ccc(Cl)cc1)N1CCCC(Nc2ccc3c(c2)OCCO3)C1. The van der Waals surface area contributed by atoms with E-state index in [9.17, 15) is 4.79 Å². The van der Waals surface area contributed by atoms with E-state index in [1.807, 2.05) is 47.4 Å². The summed E-state index contributed by atoms with van der Waals surface area (Å²) < 4.78 is 11.2. The van der Waals surface area contributed by atoms with Crippen LogP contribution in [0.4, 0.5) is 5.69 Å². The molecular weight excluding hydrogens is 376 g/mol. The van der Waals surface area contributed by atoms with Crippen molar-refractivity contribution in [2.24, 2.45) is 0 Å². The molecule has 1 amide bonds. The normalized spacial score (nSPS) is 18.6. The lowest BCUT2D eigenvalue weighted by molar-refractivity contribution is -0.132. The quantitative estimate of drug-likeness (QED) is 0.819. The lowest BCUT2D eigenvalue weighted by Gasteiger charge is -2.34. The van der Waals surface area contributed by atoms with Crippen LogP contribution in [0.1, 0.15) is 24.8 Å². The number of nitrogens with one attached hydrogen (secondary N) is 1. The van der Waals surface area contributed by atoms with Gasteiger partial charge in [-0.05, 0) is 49.1 Å². The topological polar surface area (TPSA) is 50.8 Å². The minimum Gasteiger partial charge on any atom is -0.486 e. The number of anilines is 1. The maximum absolute atomic E-state index is 12.7. The molecule has 1 saturated heterocycles. The number of likely N-dealkylation sites (tertiary alicyclic amines) is 1. The van der Waals surface area contributed by atoms with Crippen molar-refractivity contribution in [3.05, 3.63) is 53.1 Å². The Morgan fingerprint density at radius 2 is 1.89 bits per heavy atom. The molecule has 1 N–H and O–H groups in total. The van der Waals surface area contributed by atoms with E-state index in [1.165, 1.54) is 0 Å². The highest BCUT2D eigenvalue weighted by Crippen LogP contribution is 2.33. The van der Waals surface area contributed by atoms with Crippen LogP contribution in [0.15, 0.2) is 42.5 Å². The van der Waals surface area contributed by atoms with Gasteiger partial charge in [0.2, 0.25) is 5.91 Å². The molecule has 0 spiro atoms. The van der Waals surface area contributed by atoms with Gasteiger partial charge in [-0.25, -0.2) is 0 Å². The van der Waals surface area contributed by atoms with Gasteiger partial charge in [-0.15, -0.1) is 0 Å². The van der Waals surface area contributed by atoms with Crippen molar-refractivity contribution in [2.45, 2.75) is 31.7 Å². The van der Waals surface area contributed by atoms with E-state index in [1.54, 1.807) is 0 Å². The van der Waals surface area contributed by atoms with Crippen molar-refractivity contribution in [1.82, 2.24) is 4.90 Å². The Morgan fingerprint density at radius 3 is 2.71 bits per heavy atom. The highest BCUT2D eigenvalue weighted by molar-refractivity contribution is 6.30. The number of benzene rings is 2. The van der Waals surface area contributed by atoms with Gasteiger partial charge < -0.3 is 19.7 Å². The standard InChI is InChI=1S/C22H25ClN2O3/c23-17-6-3-16(4-7-17)5-10-22(26)25-11-1-2-19(15-25)24-18-8-9-20-21(14-18)28-13-12-27-20/h3-4,6-9,14,19,24H,1-2,5,10-13,15H2. The molecule has 1 fully saturated rings. The second-order valence-corrected chi connectivity index (χ2v) is 7.74. The predicted molar refractivity (Wildman–Crippen MR) is 110 cm³/mol. The number of fused-ring (bicyclic) bond motifs is 1. The number of carbonyl (C=O) groups excluding carboxylic acids is 1. The first-order valence-electron chi connectivity index (χ1n) is 9.86. The highest BCUT2D eigenvalue weighted by atomic mass is 35.5. The van der Waals surface area contributed by atoms with Crippen LogP contribution in [0.3, 0.4) is 0 Å². The van der Waals surface area contributed by atoms with Gasteiger partial charge in [-0.1, -0.05) is 23.7 Å². The first-order valence-corrected chi connectivity index (χ1v) is 10.2. The molecule has 2 aliphatic rings. The maximum atomic E-state index is 12.7. The van der Waals surface area contributed by atoms with Gasteiger partial charge in [-0.3, -0.25) is 4.79 Å². The maximum Gasteiger partial charge on any atom is 0.222 e. The molecular formula is C22H25ClN2O3. The van der Waals surface area contributed by atoms with Crippen LogP contribution >= 0.6 is 11.6 Å². The summed E-state index contributed by atoms with van der Waals surface area (Å²) in [5, 5.41) is 4.27. The number of rotatable bonds is 5. The molecule has 2 aliphatic heterocycles. The molecule has 4 rings (SSSR count). The second kappa shape index (κ2) is 8.74. The summed E-state index contributed by atoms with van der Waals surface area (Å²) in [5.41, 5.74) is 2.14. The Kier molecular flexibility index (Phi) is 5.91. The zero-order chi connectivity index (χ0) is 19.3. The Bertz CT molecular complexity index is 825. The molecule has 0 saturated carbocycles. The molecule has 2 aromatic rings. The minimum absolute atomic E-state index is 0.212. The van der Waals surface area contributed by atoms with E-state index >= 15 is 0 Å². The van der Waals surface area contributed by atoms with Crippen LogP contribution in [0.5, 0.6) is 11.5 Å². The Balaban J connectivity index is 1.31. The number of piperidine rings is 1. The molecule has 2 aromatic carbocycles. The summed E-state index contributed by atoms with van der Waals surface area (Å²) >= 11 is 5.92. The zero-order valence-electron chi connectivity index (χ0n) is 15.8. The summed E-state index contributed by atoms with van der Waals surface area (Å²) in [6, 6.07) is 13.9. The van der Waals surface area contributed by atoms with E-state index in [0.717, 1.165) is 60.1 Å². The third-order valence-electron chi connectivity index (χ3n) is 5.23. The molecule has 0 radical (unpaired) electrons. The van der Waals surface area contributed by atoms with Crippen LogP contribution < -0.4 is 14.8 Å². The van der Waals surface area contributed by atoms with Gasteiger partial charge >= 0.3 is 0 Å². The largest absolute Gasteiger partial charge is 0.486 e. The number of amides is 1. The third-order valence-corrected chi connectivity index (χ3v) is 5.48. The van der Waals surface area contributed by atoms with Gasteiger partial charge in [0.15, 0.2) is 11.5 Å². The summed E-state index contributed by atoms with van der Waals surface area (Å²) in [6.45, 7) is 2.73. The van der Waals surface area contributed by atoms with Gasteiger partial charge in [0.05, 0.1) is 0 Å². The van der Waals surface area contributed by atoms with Crippen molar-refractivity contribution in [3.63, 3.8) is 0 Å². The number of carbonyl (C=O) groups is 1. The van der Waals surface area contributed by atoms with Gasteiger partial charge in [0, 0.05) is 42.3 Å². The van der Waals surface area contributed by atoms with Crippen LogP contribution in [-0.4, -0.2) is 43.2 Å². The van der Waals surface area contributed by atoms with Crippen LogP contribution in [-0.2, 0) is 11.2 Å². The van der Waals surface area contributed by atoms with Crippen molar-refractivity contribution in [3.8, 4) is 11.5 Å². The van der Waals surface area contributed by atoms with Crippen LogP contribution in [0.2, 0.25) is 5.02 Å². The van der Waals surface area contributed by atoms with Gasteiger partial charge in [-0.2, -0.15) is 0 Å². The first-order chi connectivity index (χ1) is 13.7. The van der Waals surface area contributed by atoms with E-state index in [2.05, 4.69) is 5.32 Å². The number of aryl methyl sites for hydroxylation is 1. The van der Waals surface area contributed by atoms with E-state index in [0.29, 0.717) is 19.6 Å². The summed E-state index contributed by atoms with van der Waals surface area (Å²) in [7, 11) is 0. The van der Waals surface area contributed by atoms with Crippen LogP contribution in [0, 0.1) is 0 Å². The van der Waals surface area contributed by atoms with Crippen molar-refractivity contribution in [1.29, 1.82) is 0 Å². The van der Waals surface area contributed by atoms with Crippen LogP contribution in [0.25, 0.3) is 0 Å². The second-order valence-electron chi connectivity index (χ2n) is 7.31. The number of hydrogen-bond acceptors (Lipinski definition) is 4. The highest BCUT2D eigenvalue weighted by Gasteiger charge is 2.24. The van der Waals surface area contributed by atoms with Gasteiger partial charge in [0.1, 0.15) is 13.2 Å². The lowest BCUT2D eigenvalue weighted by atomic mass is 10.0.